The minimum atomic E-state index is -0.341. The number of piperazine rings is 1. The Morgan fingerprint density at radius 2 is 1.72 bits per heavy atom. The van der Waals surface area contributed by atoms with Crippen molar-refractivity contribution in [2.24, 2.45) is 0 Å². The molecule has 1 aromatic carbocycles. The summed E-state index contributed by atoms with van der Waals surface area (Å²) in [5.74, 6) is -0.163. The Kier molecular flexibility index (Phi) is 6.66. The molecule has 0 spiro atoms. The van der Waals surface area contributed by atoms with Gasteiger partial charge in [0.05, 0.1) is 12.8 Å². The van der Waals surface area contributed by atoms with Crippen LogP contribution in [0.3, 0.4) is 0 Å². The molecule has 8 heteroatoms. The van der Waals surface area contributed by atoms with Crippen molar-refractivity contribution in [1.29, 1.82) is 0 Å². The van der Waals surface area contributed by atoms with Gasteiger partial charge in [0.15, 0.2) is 5.76 Å². The summed E-state index contributed by atoms with van der Waals surface area (Å²) >= 11 is 0. The van der Waals surface area contributed by atoms with Crippen LogP contribution in [-0.4, -0.2) is 66.3 Å². The molecular formula is C21H26N4O4. The fourth-order valence-corrected chi connectivity index (χ4v) is 3.16. The first-order chi connectivity index (χ1) is 13.9. The quantitative estimate of drug-likeness (QED) is 0.774. The van der Waals surface area contributed by atoms with Crippen LogP contribution in [0.1, 0.15) is 34.8 Å². The van der Waals surface area contributed by atoms with E-state index in [1.807, 2.05) is 13.8 Å². The zero-order valence-electron chi connectivity index (χ0n) is 16.7. The molecule has 0 aliphatic carbocycles. The van der Waals surface area contributed by atoms with Crippen LogP contribution in [0.4, 0.5) is 5.69 Å². The number of carbonyl (C=O) groups excluding carboxylic acids is 3. The maximum atomic E-state index is 12.7. The topological polar surface area (TPSA) is 94.9 Å². The third-order valence-electron chi connectivity index (χ3n) is 4.61. The predicted octanol–water partition coefficient (Wildman–Crippen LogP) is 1.81. The van der Waals surface area contributed by atoms with Crippen molar-refractivity contribution in [2.75, 3.05) is 38.0 Å². The van der Waals surface area contributed by atoms with Crippen LogP contribution in [0.5, 0.6) is 0 Å². The molecule has 0 atom stereocenters. The molecule has 154 valence electrons. The SMILES string of the molecule is CC(C)NC(=O)CN1CCN(C(=O)c2ccc(NC(=O)c3ccco3)cc2)CC1. The van der Waals surface area contributed by atoms with Crippen molar-refractivity contribution in [1.82, 2.24) is 15.1 Å². The Morgan fingerprint density at radius 3 is 2.31 bits per heavy atom. The minimum absolute atomic E-state index is 0.00645. The molecule has 0 radical (unpaired) electrons. The summed E-state index contributed by atoms with van der Waals surface area (Å²) in [5.41, 5.74) is 1.15. The molecular weight excluding hydrogens is 372 g/mol. The summed E-state index contributed by atoms with van der Waals surface area (Å²) in [7, 11) is 0. The number of rotatable bonds is 6. The predicted molar refractivity (Wildman–Crippen MR) is 109 cm³/mol. The number of nitrogens with one attached hydrogen (secondary N) is 2. The molecule has 8 nitrogen and oxygen atoms in total. The van der Waals surface area contributed by atoms with Gasteiger partial charge in [-0.2, -0.15) is 0 Å². The van der Waals surface area contributed by atoms with Crippen LogP contribution in [0.2, 0.25) is 0 Å². The van der Waals surface area contributed by atoms with Gasteiger partial charge in [0, 0.05) is 43.5 Å². The van der Waals surface area contributed by atoms with Gasteiger partial charge in [0.25, 0.3) is 11.8 Å². The third-order valence-corrected chi connectivity index (χ3v) is 4.61. The Labute approximate surface area is 169 Å². The molecule has 3 rings (SSSR count). The van der Waals surface area contributed by atoms with Gasteiger partial charge in [0.2, 0.25) is 5.91 Å². The van der Waals surface area contributed by atoms with E-state index in [-0.39, 0.29) is 29.5 Å². The smallest absolute Gasteiger partial charge is 0.291 e. The zero-order valence-corrected chi connectivity index (χ0v) is 16.7. The standard InChI is InChI=1S/C21H26N4O4/c1-15(2)22-19(26)14-24-9-11-25(12-10-24)21(28)16-5-7-17(8-6-16)23-20(27)18-4-3-13-29-18/h3-8,13,15H,9-12,14H2,1-2H3,(H,22,26)(H,23,27). The number of nitrogens with zero attached hydrogens (tertiary/aromatic N) is 2. The van der Waals surface area contributed by atoms with E-state index >= 15 is 0 Å². The number of furan rings is 1. The summed E-state index contributed by atoms with van der Waals surface area (Å²) in [6.45, 7) is 6.69. The number of amides is 3. The largest absolute Gasteiger partial charge is 0.459 e. The van der Waals surface area contributed by atoms with Gasteiger partial charge in [-0.15, -0.1) is 0 Å². The van der Waals surface area contributed by atoms with E-state index < -0.39 is 0 Å². The normalized spacial score (nSPS) is 14.7. The lowest BCUT2D eigenvalue weighted by Crippen LogP contribution is -2.51. The fraction of sp³-hybridized carbons (Fsp3) is 0.381. The van der Waals surface area contributed by atoms with Crippen molar-refractivity contribution < 1.29 is 18.8 Å². The van der Waals surface area contributed by atoms with E-state index in [1.54, 1.807) is 41.3 Å². The number of hydrogen-bond donors (Lipinski definition) is 2. The third kappa shape index (κ3) is 5.68. The summed E-state index contributed by atoms with van der Waals surface area (Å²) in [4.78, 5) is 40.4. The van der Waals surface area contributed by atoms with Crippen LogP contribution in [0, 0.1) is 0 Å². The van der Waals surface area contributed by atoms with Crippen molar-refractivity contribution in [3.63, 3.8) is 0 Å². The van der Waals surface area contributed by atoms with Gasteiger partial charge < -0.3 is 20.0 Å². The number of hydrogen-bond acceptors (Lipinski definition) is 5. The van der Waals surface area contributed by atoms with E-state index in [1.165, 1.54) is 6.26 Å². The molecule has 1 aliphatic rings. The van der Waals surface area contributed by atoms with E-state index in [0.717, 1.165) is 0 Å². The van der Waals surface area contributed by atoms with E-state index in [4.69, 9.17) is 4.42 Å². The van der Waals surface area contributed by atoms with Crippen molar-refractivity contribution in [3.05, 3.63) is 54.0 Å². The van der Waals surface area contributed by atoms with E-state index in [9.17, 15) is 14.4 Å². The molecule has 2 heterocycles. The average Bonchev–Trinajstić information content (AvgIpc) is 3.23. The molecule has 2 aromatic rings. The Balaban J connectivity index is 1.49. The highest BCUT2D eigenvalue weighted by Gasteiger charge is 2.23. The second-order valence-corrected chi connectivity index (χ2v) is 7.30. The van der Waals surface area contributed by atoms with Crippen molar-refractivity contribution in [3.8, 4) is 0 Å². The van der Waals surface area contributed by atoms with Gasteiger partial charge in [-0.3, -0.25) is 19.3 Å². The highest BCUT2D eigenvalue weighted by molar-refractivity contribution is 6.02. The lowest BCUT2D eigenvalue weighted by Gasteiger charge is -2.34. The molecule has 1 saturated heterocycles. The molecule has 0 unspecified atom stereocenters. The summed E-state index contributed by atoms with van der Waals surface area (Å²) in [6.07, 6.45) is 1.44. The second kappa shape index (κ2) is 9.38. The molecule has 0 bridgehead atoms. The monoisotopic (exact) mass is 398 g/mol. The van der Waals surface area contributed by atoms with Crippen molar-refractivity contribution >= 4 is 23.4 Å². The lowest BCUT2D eigenvalue weighted by molar-refractivity contribution is -0.123. The maximum Gasteiger partial charge on any atom is 0.291 e. The van der Waals surface area contributed by atoms with Crippen LogP contribution in [0.25, 0.3) is 0 Å². The Morgan fingerprint density at radius 1 is 1.03 bits per heavy atom. The number of anilines is 1. The first-order valence-electron chi connectivity index (χ1n) is 9.68. The maximum absolute atomic E-state index is 12.7. The second-order valence-electron chi connectivity index (χ2n) is 7.30. The summed E-state index contributed by atoms with van der Waals surface area (Å²) in [5, 5.41) is 5.61. The molecule has 2 N–H and O–H groups in total. The number of benzene rings is 1. The molecule has 0 saturated carbocycles. The van der Waals surface area contributed by atoms with Crippen LogP contribution in [0.15, 0.2) is 47.1 Å². The highest BCUT2D eigenvalue weighted by Crippen LogP contribution is 2.14. The highest BCUT2D eigenvalue weighted by atomic mass is 16.3. The summed E-state index contributed by atoms with van der Waals surface area (Å²) in [6, 6.07) is 10.1. The summed E-state index contributed by atoms with van der Waals surface area (Å²) < 4.78 is 5.06. The van der Waals surface area contributed by atoms with Gasteiger partial charge in [0.1, 0.15) is 0 Å². The average molecular weight is 398 g/mol. The van der Waals surface area contributed by atoms with Crippen LogP contribution in [-0.2, 0) is 4.79 Å². The number of carbonyl (C=O) groups is 3. The lowest BCUT2D eigenvalue weighted by atomic mass is 10.1. The molecule has 1 fully saturated rings. The minimum Gasteiger partial charge on any atom is -0.459 e. The first kappa shape index (κ1) is 20.6. The first-order valence-corrected chi connectivity index (χ1v) is 9.68. The van der Waals surface area contributed by atoms with Crippen LogP contribution < -0.4 is 10.6 Å². The molecule has 1 aromatic heterocycles. The van der Waals surface area contributed by atoms with Crippen LogP contribution >= 0.6 is 0 Å². The Hall–Kier alpha value is -3.13. The van der Waals surface area contributed by atoms with Crippen molar-refractivity contribution in [2.45, 2.75) is 19.9 Å². The van der Waals surface area contributed by atoms with E-state index in [2.05, 4.69) is 15.5 Å². The van der Waals surface area contributed by atoms with Gasteiger partial charge in [-0.25, -0.2) is 0 Å². The van der Waals surface area contributed by atoms with E-state index in [0.29, 0.717) is 44.0 Å². The Bertz CT molecular complexity index is 838. The molecule has 3 amide bonds. The fourth-order valence-electron chi connectivity index (χ4n) is 3.16. The molecule has 1 aliphatic heterocycles. The van der Waals surface area contributed by atoms with Gasteiger partial charge >= 0.3 is 0 Å². The molecule has 29 heavy (non-hydrogen) atoms. The van der Waals surface area contributed by atoms with Gasteiger partial charge in [-0.05, 0) is 50.2 Å². The zero-order chi connectivity index (χ0) is 20.8. The van der Waals surface area contributed by atoms with Gasteiger partial charge in [-0.1, -0.05) is 0 Å².